The van der Waals surface area contributed by atoms with Gasteiger partial charge in [0.2, 0.25) is 0 Å². The summed E-state index contributed by atoms with van der Waals surface area (Å²) in [5.41, 5.74) is -0.535. The summed E-state index contributed by atoms with van der Waals surface area (Å²) >= 11 is 1.02. The van der Waals surface area contributed by atoms with E-state index in [2.05, 4.69) is 4.52 Å². The molecule has 0 amide bonds. The van der Waals surface area contributed by atoms with Gasteiger partial charge in [-0.2, -0.15) is 0 Å². The molecule has 1 rings (SSSR count). The van der Waals surface area contributed by atoms with Crippen LogP contribution in [0.4, 0.5) is 0 Å². The maximum absolute atomic E-state index is 10.5. The molecule has 0 radical (unpaired) electrons. The molecule has 0 aromatic carbocycles. The lowest BCUT2D eigenvalue weighted by molar-refractivity contribution is 0.354. The molecule has 0 spiro atoms. The molecule has 0 saturated heterocycles. The largest absolute Gasteiger partial charge is 0.440 e. The van der Waals surface area contributed by atoms with E-state index in [-0.39, 0.29) is 0 Å². The summed E-state index contributed by atoms with van der Waals surface area (Å²) in [4.78, 5) is 22.6. The van der Waals surface area contributed by atoms with Gasteiger partial charge in [0.15, 0.2) is 0 Å². The van der Waals surface area contributed by atoms with Crippen LogP contribution in [-0.2, 0) is 0 Å². The average molecular weight is 148 g/mol. The molecule has 0 atom stereocenters. The van der Waals surface area contributed by atoms with Gasteiger partial charge in [-0.05, 0) is 11.9 Å². The topological polar surface area (TPSA) is 68.0 Å². The highest BCUT2D eigenvalue weighted by Gasteiger charge is 1.97. The number of nitrogens with one attached hydrogen (secondary N) is 1. The highest BCUT2D eigenvalue weighted by molar-refractivity contribution is 7.96. The summed E-state index contributed by atoms with van der Waals surface area (Å²) in [5.74, 6) is -0.727. The van der Waals surface area contributed by atoms with E-state index in [1.165, 1.54) is 0 Å². The monoisotopic (exact) mass is 148 g/mol. The summed E-state index contributed by atoms with van der Waals surface area (Å²) in [5, 5.41) is 0. The molecule has 0 unspecified atom stereocenters. The number of aromatic nitrogens is 2. The number of hydrogen-bond acceptors (Lipinski definition) is 4. The molecular weight excluding hydrogens is 144 g/mol. The molecule has 1 N–H and O–H groups in total. The predicted octanol–water partition coefficient (Wildman–Crippen LogP) is -0.744. The van der Waals surface area contributed by atoms with Gasteiger partial charge in [0.1, 0.15) is 0 Å². The lowest BCUT2D eigenvalue weighted by Gasteiger charge is -1.82. The van der Waals surface area contributed by atoms with Crippen LogP contribution in [0.3, 0.4) is 0 Å². The Morgan fingerprint density at radius 3 is 2.56 bits per heavy atom. The van der Waals surface area contributed by atoms with E-state index in [4.69, 9.17) is 0 Å². The zero-order chi connectivity index (χ0) is 6.85. The van der Waals surface area contributed by atoms with Gasteiger partial charge in [-0.1, -0.05) is 4.15 Å². The molecule has 6 heteroatoms. The van der Waals surface area contributed by atoms with E-state index in [9.17, 15) is 9.59 Å². The molecule has 0 saturated carbocycles. The lowest BCUT2D eigenvalue weighted by Crippen LogP contribution is -2.11. The molecule has 0 aliphatic rings. The Balaban J connectivity index is 3.33. The minimum Gasteiger partial charge on any atom is -0.305 e. The van der Waals surface area contributed by atoms with E-state index in [0.29, 0.717) is 0 Å². The lowest BCUT2D eigenvalue weighted by atomic mass is 11.3. The maximum Gasteiger partial charge on any atom is 0.440 e. The van der Waals surface area contributed by atoms with E-state index in [1.54, 1.807) is 6.26 Å². The number of rotatable bonds is 1. The van der Waals surface area contributed by atoms with E-state index in [1.807, 2.05) is 4.98 Å². The molecule has 0 fully saturated rings. The summed E-state index contributed by atoms with van der Waals surface area (Å²) in [6, 6.07) is 0. The SMILES string of the molecule is CSn1oc(=O)[nH]c1=O. The summed E-state index contributed by atoms with van der Waals surface area (Å²) in [7, 11) is 0. The average Bonchev–Trinajstić information content (AvgIpc) is 2.10. The molecular formula is C3H4N2O3S. The third-order valence-corrected chi connectivity index (χ3v) is 1.28. The first-order valence-corrected chi connectivity index (χ1v) is 3.29. The van der Waals surface area contributed by atoms with Crippen molar-refractivity contribution in [1.82, 2.24) is 9.13 Å². The Hall–Kier alpha value is -0.910. The Labute approximate surface area is 53.8 Å². The molecule has 0 aliphatic heterocycles. The molecule has 50 valence electrons. The van der Waals surface area contributed by atoms with Gasteiger partial charge in [0.25, 0.3) is 0 Å². The summed E-state index contributed by atoms with van der Waals surface area (Å²) in [6.45, 7) is 0. The van der Waals surface area contributed by atoms with Crippen molar-refractivity contribution in [2.45, 2.75) is 0 Å². The van der Waals surface area contributed by atoms with Crippen molar-refractivity contribution in [2.75, 3.05) is 6.26 Å². The first-order chi connectivity index (χ1) is 4.24. The van der Waals surface area contributed by atoms with Crippen LogP contribution < -0.4 is 11.4 Å². The van der Waals surface area contributed by atoms with Crippen molar-refractivity contribution in [1.29, 1.82) is 0 Å². The first kappa shape index (κ1) is 6.21. The fraction of sp³-hybridized carbons (Fsp3) is 0.333. The number of H-pyrrole nitrogens is 1. The van der Waals surface area contributed by atoms with Crippen molar-refractivity contribution < 1.29 is 4.52 Å². The minimum absolute atomic E-state index is 0.535. The van der Waals surface area contributed by atoms with Crippen LogP contribution in [0.15, 0.2) is 14.1 Å². The number of nitrogens with zero attached hydrogens (tertiary/aromatic N) is 1. The van der Waals surface area contributed by atoms with Gasteiger partial charge >= 0.3 is 11.4 Å². The molecule has 0 bridgehead atoms. The molecule has 1 heterocycles. The van der Waals surface area contributed by atoms with Crippen LogP contribution in [0.2, 0.25) is 0 Å². The number of hydrogen-bond donors (Lipinski definition) is 1. The van der Waals surface area contributed by atoms with Crippen LogP contribution in [0, 0.1) is 0 Å². The van der Waals surface area contributed by atoms with Crippen molar-refractivity contribution in [3.05, 3.63) is 21.0 Å². The molecule has 9 heavy (non-hydrogen) atoms. The zero-order valence-corrected chi connectivity index (χ0v) is 5.40. The molecule has 1 aromatic heterocycles. The Kier molecular flexibility index (Phi) is 1.48. The Bertz CT molecular complexity index is 294. The van der Waals surface area contributed by atoms with Crippen molar-refractivity contribution in [3.8, 4) is 0 Å². The van der Waals surface area contributed by atoms with E-state index in [0.717, 1.165) is 16.1 Å². The van der Waals surface area contributed by atoms with Crippen LogP contribution in [0.1, 0.15) is 0 Å². The third kappa shape index (κ3) is 1.07. The second-order valence-corrected chi connectivity index (χ2v) is 1.95. The smallest absolute Gasteiger partial charge is 0.305 e. The molecule has 5 nitrogen and oxygen atoms in total. The van der Waals surface area contributed by atoms with Crippen molar-refractivity contribution >= 4 is 11.9 Å². The van der Waals surface area contributed by atoms with Crippen molar-refractivity contribution in [2.24, 2.45) is 0 Å². The van der Waals surface area contributed by atoms with Gasteiger partial charge < -0.3 is 4.52 Å². The van der Waals surface area contributed by atoms with Gasteiger partial charge in [0, 0.05) is 6.26 Å². The van der Waals surface area contributed by atoms with Gasteiger partial charge in [0.05, 0.1) is 0 Å². The third-order valence-electron chi connectivity index (χ3n) is 0.706. The van der Waals surface area contributed by atoms with Gasteiger partial charge in [-0.15, -0.1) is 0 Å². The van der Waals surface area contributed by atoms with Crippen LogP contribution in [0.25, 0.3) is 0 Å². The normalized spacial score (nSPS) is 9.89. The summed E-state index contributed by atoms with van der Waals surface area (Å²) in [6.07, 6.45) is 1.62. The zero-order valence-electron chi connectivity index (χ0n) is 4.58. The van der Waals surface area contributed by atoms with Gasteiger partial charge in [-0.3, -0.25) is 0 Å². The molecule has 1 aromatic rings. The number of aromatic amines is 1. The van der Waals surface area contributed by atoms with Gasteiger partial charge in [-0.25, -0.2) is 14.6 Å². The quantitative estimate of drug-likeness (QED) is 0.569. The van der Waals surface area contributed by atoms with Crippen LogP contribution in [-0.4, -0.2) is 15.4 Å². The molecule has 0 aliphatic carbocycles. The second-order valence-electron chi connectivity index (χ2n) is 1.25. The minimum atomic E-state index is -0.727. The maximum atomic E-state index is 10.5. The predicted molar refractivity (Wildman–Crippen MR) is 32.5 cm³/mol. The highest BCUT2D eigenvalue weighted by atomic mass is 32.2. The highest BCUT2D eigenvalue weighted by Crippen LogP contribution is 1.88. The van der Waals surface area contributed by atoms with Crippen LogP contribution >= 0.6 is 11.9 Å². The second kappa shape index (κ2) is 2.14. The van der Waals surface area contributed by atoms with E-state index < -0.39 is 11.4 Å². The van der Waals surface area contributed by atoms with E-state index >= 15 is 0 Å². The Morgan fingerprint density at radius 2 is 2.33 bits per heavy atom. The Morgan fingerprint density at radius 1 is 1.67 bits per heavy atom. The van der Waals surface area contributed by atoms with Crippen LogP contribution in [0.5, 0.6) is 0 Å². The van der Waals surface area contributed by atoms with Crippen molar-refractivity contribution in [3.63, 3.8) is 0 Å². The fourth-order valence-corrected chi connectivity index (χ4v) is 0.746. The first-order valence-electron chi connectivity index (χ1n) is 2.11. The summed E-state index contributed by atoms with van der Waals surface area (Å²) < 4.78 is 5.18. The standard InChI is InChI=1S/C3H4N2O3S/c1-9-5-2(6)4-3(7)8-5/h1H3,(H,4,6,7). The fourth-order valence-electron chi connectivity index (χ4n) is 0.393.